The average molecular weight is 513 g/mol. The van der Waals surface area contributed by atoms with Gasteiger partial charge in [0.1, 0.15) is 6.61 Å². The third-order valence-electron chi connectivity index (χ3n) is 5.86. The Bertz CT molecular complexity index is 1310. The maximum atomic E-state index is 13.2. The fourth-order valence-electron chi connectivity index (χ4n) is 4.15. The van der Waals surface area contributed by atoms with Gasteiger partial charge in [-0.25, -0.2) is 9.00 Å². The van der Waals surface area contributed by atoms with E-state index in [9.17, 15) is 38.1 Å². The van der Waals surface area contributed by atoms with E-state index in [0.717, 1.165) is 4.90 Å². The van der Waals surface area contributed by atoms with Gasteiger partial charge in [0.25, 0.3) is 23.4 Å². The molecule has 0 saturated carbocycles. The minimum atomic E-state index is -2.75. The summed E-state index contributed by atoms with van der Waals surface area (Å²) in [5.41, 5.74) is 0.526. The van der Waals surface area contributed by atoms with Crippen LogP contribution in [0.5, 0.6) is 0 Å². The van der Waals surface area contributed by atoms with E-state index in [1.165, 1.54) is 43.3 Å². The van der Waals surface area contributed by atoms with E-state index < -0.39 is 57.2 Å². The van der Waals surface area contributed by atoms with Crippen LogP contribution in [0, 0.1) is 10.1 Å². The second-order valence-corrected chi connectivity index (χ2v) is 9.20. The molecule has 2 aliphatic rings. The topological polar surface area (TPSA) is 164 Å². The maximum Gasteiger partial charge on any atom is 0.333 e. The number of imide groups is 1. The molecule has 0 aromatic heterocycles. The maximum absolute atomic E-state index is 13.2. The van der Waals surface area contributed by atoms with Crippen LogP contribution < -0.4 is 0 Å². The number of carbonyl (C=O) groups is 4. The lowest BCUT2D eigenvalue weighted by molar-refractivity contribution is -0.384. The zero-order valence-corrected chi connectivity index (χ0v) is 19.5. The first-order chi connectivity index (χ1) is 17.0. The number of benzene rings is 2. The Balaban J connectivity index is 1.54. The molecule has 1 saturated heterocycles. The number of fused-ring (bicyclic) bond motifs is 1. The Kier molecular flexibility index (Phi) is 6.52. The highest BCUT2D eigenvalue weighted by Gasteiger charge is 2.62. The lowest BCUT2D eigenvalue weighted by Gasteiger charge is -2.50. The second-order valence-electron chi connectivity index (χ2n) is 8.16. The van der Waals surface area contributed by atoms with Crippen molar-refractivity contribution in [2.24, 2.45) is 0 Å². The fourth-order valence-corrected chi connectivity index (χ4v) is 5.03. The Morgan fingerprint density at radius 2 is 1.69 bits per heavy atom. The van der Waals surface area contributed by atoms with Crippen molar-refractivity contribution < 1.29 is 37.6 Å². The van der Waals surface area contributed by atoms with Gasteiger partial charge in [-0.3, -0.25) is 29.4 Å². The molecular formula is C23H19N3O9S. The van der Waals surface area contributed by atoms with E-state index in [-0.39, 0.29) is 29.0 Å². The number of rotatable bonds is 8. The van der Waals surface area contributed by atoms with Crippen molar-refractivity contribution in [3.63, 3.8) is 0 Å². The summed E-state index contributed by atoms with van der Waals surface area (Å²) in [4.78, 5) is 63.3. The fraction of sp³-hybridized carbons (Fsp3) is 0.217. The quantitative estimate of drug-likeness (QED) is 0.105. The van der Waals surface area contributed by atoms with E-state index in [0.29, 0.717) is 10.5 Å². The highest BCUT2D eigenvalue weighted by molar-refractivity contribution is 7.80. The lowest BCUT2D eigenvalue weighted by atomic mass is 9.98. The number of nitrogens with zero attached hydrogens (tertiary/aromatic N) is 3. The molecule has 2 aliphatic heterocycles. The molecule has 0 bridgehead atoms. The number of amides is 3. The van der Waals surface area contributed by atoms with Gasteiger partial charge in [0, 0.05) is 12.1 Å². The monoisotopic (exact) mass is 513 g/mol. The second kappa shape index (κ2) is 9.43. The number of nitro benzene ring substituents is 1. The Morgan fingerprint density at radius 1 is 1.14 bits per heavy atom. The van der Waals surface area contributed by atoms with E-state index in [1.807, 2.05) is 0 Å². The molecule has 13 heteroatoms. The van der Waals surface area contributed by atoms with Gasteiger partial charge in [-0.05, 0) is 42.3 Å². The minimum absolute atomic E-state index is 0.0650. The van der Waals surface area contributed by atoms with Crippen LogP contribution in [0.15, 0.2) is 60.7 Å². The van der Waals surface area contributed by atoms with Crippen LogP contribution in [-0.2, 0) is 32.0 Å². The summed E-state index contributed by atoms with van der Waals surface area (Å²) in [7, 11) is 0. The average Bonchev–Trinajstić information content (AvgIpc) is 3.08. The number of hydrogen-bond donors (Lipinski definition) is 1. The highest BCUT2D eigenvalue weighted by atomic mass is 32.2. The van der Waals surface area contributed by atoms with Gasteiger partial charge in [-0.1, -0.05) is 18.7 Å². The van der Waals surface area contributed by atoms with Crippen LogP contribution in [0.3, 0.4) is 0 Å². The molecule has 0 spiro atoms. The van der Waals surface area contributed by atoms with Crippen LogP contribution >= 0.6 is 0 Å². The van der Waals surface area contributed by atoms with Crippen molar-refractivity contribution in [1.82, 2.24) is 9.80 Å². The molecule has 0 radical (unpaired) electrons. The van der Waals surface area contributed by atoms with Crippen LogP contribution in [-0.4, -0.2) is 64.6 Å². The van der Waals surface area contributed by atoms with Crippen molar-refractivity contribution in [3.8, 4) is 0 Å². The number of non-ortho nitro benzene ring substituents is 1. The van der Waals surface area contributed by atoms with Crippen LogP contribution in [0.2, 0.25) is 0 Å². The van der Waals surface area contributed by atoms with Gasteiger partial charge in [-0.15, -0.1) is 0 Å². The summed E-state index contributed by atoms with van der Waals surface area (Å²) in [5, 5.41) is 9.19. The number of ether oxygens (including phenoxy) is 1. The van der Waals surface area contributed by atoms with Crippen LogP contribution in [0.4, 0.5) is 5.69 Å². The van der Waals surface area contributed by atoms with Gasteiger partial charge in [0.05, 0.1) is 16.1 Å². The number of nitro groups is 1. The lowest BCUT2D eigenvalue weighted by Crippen LogP contribution is -2.75. The van der Waals surface area contributed by atoms with Gasteiger partial charge >= 0.3 is 5.97 Å². The summed E-state index contributed by atoms with van der Waals surface area (Å²) >= 11 is -2.75. The van der Waals surface area contributed by atoms with E-state index in [4.69, 9.17) is 4.74 Å². The first-order valence-electron chi connectivity index (χ1n) is 10.5. The third-order valence-corrected chi connectivity index (χ3v) is 6.76. The molecule has 1 N–H and O–H groups in total. The van der Waals surface area contributed by atoms with Gasteiger partial charge in [0.2, 0.25) is 0 Å². The molecule has 2 aromatic rings. The van der Waals surface area contributed by atoms with Crippen LogP contribution in [0.1, 0.15) is 33.2 Å². The molecule has 186 valence electrons. The summed E-state index contributed by atoms with van der Waals surface area (Å²) in [5.74, 6) is -3.42. The Hall–Kier alpha value is -4.23. The number of hydrogen-bond acceptors (Lipinski definition) is 8. The molecular weight excluding hydrogens is 494 g/mol. The van der Waals surface area contributed by atoms with Gasteiger partial charge < -0.3 is 14.2 Å². The van der Waals surface area contributed by atoms with Crippen molar-refractivity contribution in [2.75, 3.05) is 0 Å². The van der Waals surface area contributed by atoms with Gasteiger partial charge in [-0.2, -0.15) is 0 Å². The third kappa shape index (κ3) is 4.07. The zero-order chi connectivity index (χ0) is 26.3. The molecule has 2 heterocycles. The molecule has 4 atom stereocenters. The van der Waals surface area contributed by atoms with Crippen molar-refractivity contribution >= 4 is 40.5 Å². The summed E-state index contributed by atoms with van der Waals surface area (Å²) in [6.07, 6.45) is 0. The largest absolute Gasteiger partial charge is 0.459 e. The number of carbonyl (C=O) groups excluding carboxylic acids is 4. The highest BCUT2D eigenvalue weighted by Crippen LogP contribution is 2.36. The number of esters is 1. The van der Waals surface area contributed by atoms with E-state index >= 15 is 0 Å². The molecule has 12 nitrogen and oxygen atoms in total. The molecule has 4 unspecified atom stereocenters. The predicted octanol–water partition coefficient (Wildman–Crippen LogP) is 1.64. The standard InChI is InChI=1S/C23H19N3O9S/c1-12(2)17(23(30)35-11-13-7-9-14(10-8-13)26(31)32)25-21(29)18(22(25)36(33)34)24-19(27)15-5-3-4-6-16(15)20(24)28/h3-10,17-18,22H,1,11H2,2H3,(H,33,34). The molecule has 4 rings (SSSR count). The summed E-state index contributed by atoms with van der Waals surface area (Å²) in [6.45, 7) is 4.80. The summed E-state index contributed by atoms with van der Waals surface area (Å²) < 4.78 is 27.4. The minimum Gasteiger partial charge on any atom is -0.459 e. The molecule has 0 aliphatic carbocycles. The Morgan fingerprint density at radius 3 is 2.17 bits per heavy atom. The molecule has 2 aromatic carbocycles. The van der Waals surface area contributed by atoms with E-state index in [2.05, 4.69) is 6.58 Å². The number of likely N-dealkylation sites (tertiary alicyclic amines) is 1. The first kappa shape index (κ1) is 24.9. The Labute approximate surface area is 206 Å². The van der Waals surface area contributed by atoms with Crippen molar-refractivity contribution in [3.05, 3.63) is 87.5 Å². The summed E-state index contributed by atoms with van der Waals surface area (Å²) in [6, 6.07) is 8.09. The predicted molar refractivity (Wildman–Crippen MR) is 124 cm³/mol. The first-order valence-corrected chi connectivity index (χ1v) is 11.7. The molecule has 36 heavy (non-hydrogen) atoms. The van der Waals surface area contributed by atoms with Crippen molar-refractivity contribution in [2.45, 2.75) is 31.0 Å². The zero-order valence-electron chi connectivity index (χ0n) is 18.7. The molecule has 3 amide bonds. The number of β-lactam (4-membered cyclic amide) rings is 1. The van der Waals surface area contributed by atoms with Gasteiger partial charge in [0.15, 0.2) is 28.5 Å². The SMILES string of the molecule is C=C(C)C(C(=O)OCc1ccc([N+](=O)[O-])cc1)N1C(=O)C(N2C(=O)c3ccccc3C2=O)C1S(=O)O. The normalized spacial score (nSPS) is 20.4. The van der Waals surface area contributed by atoms with Crippen LogP contribution in [0.25, 0.3) is 0 Å². The van der Waals surface area contributed by atoms with E-state index in [1.54, 1.807) is 12.1 Å². The molecule has 1 fully saturated rings. The smallest absolute Gasteiger partial charge is 0.333 e. The van der Waals surface area contributed by atoms with Crippen molar-refractivity contribution in [1.29, 1.82) is 0 Å².